The van der Waals surface area contributed by atoms with Gasteiger partial charge in [-0.25, -0.2) is 21.6 Å². The topological polar surface area (TPSA) is 118 Å². The number of hydrogen-bond acceptors (Lipinski definition) is 7. The third-order valence-electron chi connectivity index (χ3n) is 5.33. The quantitative estimate of drug-likeness (QED) is 0.558. The number of likely N-dealkylation sites (N-methyl/N-ethyl adjacent to an activating group) is 1. The van der Waals surface area contributed by atoms with E-state index in [1.165, 1.54) is 28.4 Å². The molecular formula is C18H23ClN2O7S2. The molecule has 12 heteroatoms. The lowest BCUT2D eigenvalue weighted by atomic mass is 10.2. The molecule has 0 bridgehead atoms. The van der Waals surface area contributed by atoms with Crippen LogP contribution in [0.5, 0.6) is 0 Å². The Morgan fingerprint density at radius 1 is 1.27 bits per heavy atom. The van der Waals surface area contributed by atoms with Gasteiger partial charge in [0, 0.05) is 26.2 Å². The molecule has 0 unspecified atom stereocenters. The van der Waals surface area contributed by atoms with Crippen LogP contribution >= 0.6 is 11.6 Å². The Morgan fingerprint density at radius 2 is 1.93 bits per heavy atom. The van der Waals surface area contributed by atoms with Gasteiger partial charge < -0.3 is 9.64 Å². The van der Waals surface area contributed by atoms with Crippen molar-refractivity contribution >= 4 is 43.3 Å². The SMILES string of the molecule is CN(C(=O)COC(=O)c1ccc(Cl)c(S(=O)(=O)N2CCCC2)c1)[C@@H]1CCS(=O)(=O)C1. The van der Waals surface area contributed by atoms with Crippen LogP contribution in [0.4, 0.5) is 0 Å². The number of carbonyl (C=O) groups is 2. The zero-order valence-corrected chi connectivity index (χ0v) is 18.8. The molecule has 0 spiro atoms. The van der Waals surface area contributed by atoms with Crippen LogP contribution in [-0.2, 0) is 29.4 Å². The second-order valence-electron chi connectivity index (χ2n) is 7.39. The van der Waals surface area contributed by atoms with E-state index in [2.05, 4.69) is 0 Å². The van der Waals surface area contributed by atoms with Crippen molar-refractivity contribution in [3.63, 3.8) is 0 Å². The third-order valence-corrected chi connectivity index (χ3v) is 9.46. The minimum absolute atomic E-state index is 0.00305. The summed E-state index contributed by atoms with van der Waals surface area (Å²) in [5, 5.41) is -0.00305. The molecule has 2 aliphatic heterocycles. The lowest BCUT2D eigenvalue weighted by molar-refractivity contribution is -0.134. The maximum atomic E-state index is 12.8. The van der Waals surface area contributed by atoms with E-state index < -0.39 is 44.4 Å². The van der Waals surface area contributed by atoms with Crippen LogP contribution in [0.25, 0.3) is 0 Å². The smallest absolute Gasteiger partial charge is 0.338 e. The maximum Gasteiger partial charge on any atom is 0.338 e. The molecule has 2 saturated heterocycles. The third kappa shape index (κ3) is 4.96. The summed E-state index contributed by atoms with van der Waals surface area (Å²) in [5.74, 6) is -1.50. The van der Waals surface area contributed by atoms with Crippen molar-refractivity contribution in [3.8, 4) is 0 Å². The number of sulfonamides is 1. The summed E-state index contributed by atoms with van der Waals surface area (Å²) in [5.41, 5.74) is -0.0453. The fourth-order valence-electron chi connectivity index (χ4n) is 3.49. The Bertz CT molecular complexity index is 1050. The first-order valence-electron chi connectivity index (χ1n) is 9.44. The number of halogens is 1. The van der Waals surface area contributed by atoms with Crippen LogP contribution in [0.2, 0.25) is 5.02 Å². The number of nitrogens with zero attached hydrogens (tertiary/aromatic N) is 2. The average Bonchev–Trinajstić information content (AvgIpc) is 3.35. The van der Waals surface area contributed by atoms with E-state index in [0.29, 0.717) is 19.5 Å². The molecule has 2 fully saturated rings. The number of hydrogen-bond donors (Lipinski definition) is 0. The summed E-state index contributed by atoms with van der Waals surface area (Å²) in [7, 11) is -5.52. The van der Waals surface area contributed by atoms with Gasteiger partial charge in [0.2, 0.25) is 10.0 Å². The van der Waals surface area contributed by atoms with Crippen molar-refractivity contribution < 1.29 is 31.2 Å². The fourth-order valence-corrected chi connectivity index (χ4v) is 7.28. The maximum absolute atomic E-state index is 12.8. The Hall–Kier alpha value is -1.69. The second kappa shape index (κ2) is 8.81. The van der Waals surface area contributed by atoms with Crippen LogP contribution in [0.15, 0.2) is 23.1 Å². The van der Waals surface area contributed by atoms with E-state index in [9.17, 15) is 26.4 Å². The molecule has 9 nitrogen and oxygen atoms in total. The molecular weight excluding hydrogens is 456 g/mol. The van der Waals surface area contributed by atoms with E-state index in [1.807, 2.05) is 0 Å². The van der Waals surface area contributed by atoms with Gasteiger partial charge in [0.25, 0.3) is 5.91 Å². The second-order valence-corrected chi connectivity index (χ2v) is 11.9. The van der Waals surface area contributed by atoms with Crippen molar-refractivity contribution in [2.45, 2.75) is 30.2 Å². The Morgan fingerprint density at radius 3 is 2.53 bits per heavy atom. The highest BCUT2D eigenvalue weighted by Gasteiger charge is 2.33. The Kier molecular flexibility index (Phi) is 6.75. The van der Waals surface area contributed by atoms with Gasteiger partial charge in [-0.2, -0.15) is 4.31 Å². The highest BCUT2D eigenvalue weighted by molar-refractivity contribution is 7.91. The standard InChI is InChI=1S/C18H23ClN2O7S2/c1-20(14-6-9-29(24,25)12-14)17(22)11-28-18(23)13-4-5-15(19)16(10-13)30(26,27)21-7-2-3-8-21/h4-5,10,14H,2-3,6-9,11-12H2,1H3/t14-/m1/s1. The summed E-state index contributed by atoms with van der Waals surface area (Å²) < 4.78 is 55.0. The highest BCUT2D eigenvalue weighted by atomic mass is 35.5. The summed E-state index contributed by atoms with van der Waals surface area (Å²) in [4.78, 5) is 25.7. The highest BCUT2D eigenvalue weighted by Crippen LogP contribution is 2.28. The molecule has 1 amide bonds. The largest absolute Gasteiger partial charge is 0.452 e. The molecule has 0 aromatic heterocycles. The number of esters is 1. The van der Waals surface area contributed by atoms with Crippen LogP contribution in [0.1, 0.15) is 29.6 Å². The first-order chi connectivity index (χ1) is 14.0. The number of amides is 1. The average molecular weight is 479 g/mol. The van der Waals surface area contributed by atoms with Gasteiger partial charge in [-0.05, 0) is 37.5 Å². The predicted molar refractivity (Wildman–Crippen MR) is 110 cm³/mol. The van der Waals surface area contributed by atoms with Crippen molar-refractivity contribution in [1.29, 1.82) is 0 Å². The van der Waals surface area contributed by atoms with Gasteiger partial charge in [-0.3, -0.25) is 4.79 Å². The molecule has 1 aromatic rings. The van der Waals surface area contributed by atoms with Gasteiger partial charge in [0.1, 0.15) is 4.90 Å². The van der Waals surface area contributed by atoms with Gasteiger partial charge in [-0.15, -0.1) is 0 Å². The normalized spacial score (nSPS) is 21.5. The monoisotopic (exact) mass is 478 g/mol. The molecule has 2 aliphatic rings. The zero-order chi connectivity index (χ0) is 22.1. The first-order valence-corrected chi connectivity index (χ1v) is 13.1. The van der Waals surface area contributed by atoms with Crippen molar-refractivity contribution in [3.05, 3.63) is 28.8 Å². The molecule has 30 heavy (non-hydrogen) atoms. The molecule has 3 rings (SSSR count). The first kappa shape index (κ1) is 23.0. The van der Waals surface area contributed by atoms with Crippen molar-refractivity contribution in [2.75, 3.05) is 38.2 Å². The number of rotatable bonds is 6. The number of carbonyl (C=O) groups excluding carboxylic acids is 2. The molecule has 0 radical (unpaired) electrons. The van der Waals surface area contributed by atoms with Gasteiger partial charge >= 0.3 is 5.97 Å². The van der Waals surface area contributed by atoms with Crippen molar-refractivity contribution in [2.24, 2.45) is 0 Å². The lowest BCUT2D eigenvalue weighted by Gasteiger charge is -2.23. The minimum atomic E-state index is -3.83. The van der Waals surface area contributed by atoms with Crippen molar-refractivity contribution in [1.82, 2.24) is 9.21 Å². The summed E-state index contributed by atoms with van der Waals surface area (Å²) in [6.45, 7) is 0.207. The van der Waals surface area contributed by atoms with E-state index in [-0.39, 0.29) is 27.0 Å². The van der Waals surface area contributed by atoms with Gasteiger partial charge in [0.05, 0.1) is 22.1 Å². The van der Waals surface area contributed by atoms with E-state index >= 15 is 0 Å². The summed E-state index contributed by atoms with van der Waals surface area (Å²) in [6.07, 6.45) is 1.86. The summed E-state index contributed by atoms with van der Waals surface area (Å²) in [6, 6.07) is 3.33. The van der Waals surface area contributed by atoms with Gasteiger partial charge in [-0.1, -0.05) is 11.6 Å². The Labute approximate surface area is 180 Å². The number of sulfone groups is 1. The van der Waals surface area contributed by atoms with Gasteiger partial charge in [0.15, 0.2) is 16.4 Å². The lowest BCUT2D eigenvalue weighted by Crippen LogP contribution is -2.40. The molecule has 0 saturated carbocycles. The molecule has 0 aliphatic carbocycles. The molecule has 2 heterocycles. The fraction of sp³-hybridized carbons (Fsp3) is 0.556. The number of ether oxygens (including phenoxy) is 1. The molecule has 1 aromatic carbocycles. The number of benzene rings is 1. The Balaban J connectivity index is 1.66. The molecule has 0 N–H and O–H groups in total. The van der Waals surface area contributed by atoms with E-state index in [0.717, 1.165) is 18.9 Å². The predicted octanol–water partition coefficient (Wildman–Crippen LogP) is 0.927. The zero-order valence-electron chi connectivity index (χ0n) is 16.4. The van der Waals surface area contributed by atoms with Crippen LogP contribution in [-0.4, -0.2) is 82.2 Å². The van der Waals surface area contributed by atoms with E-state index in [4.69, 9.17) is 16.3 Å². The minimum Gasteiger partial charge on any atom is -0.452 e. The van der Waals surface area contributed by atoms with E-state index in [1.54, 1.807) is 0 Å². The van der Waals surface area contributed by atoms with Crippen LogP contribution in [0, 0.1) is 0 Å². The summed E-state index contributed by atoms with van der Waals surface area (Å²) >= 11 is 6.06. The van der Waals surface area contributed by atoms with Crippen LogP contribution in [0.3, 0.4) is 0 Å². The molecule has 166 valence electrons. The van der Waals surface area contributed by atoms with Crippen LogP contribution < -0.4 is 0 Å². The molecule has 1 atom stereocenters.